The number of carbonyl (C=O) groups is 1. The standard InChI is InChI=1S/C27H24N2O2/c1-3-22-24-14-13-23(28-18(2)30)25-15-16-26(29(24)25)27(22)20-9-11-21(12-10-20)31-17-19-7-5-4-6-8-19/h4-16H,3,17H2,1-2H3,(H,28,30). The second kappa shape index (κ2) is 7.80. The van der Waals surface area contributed by atoms with Crippen molar-refractivity contribution in [2.24, 2.45) is 0 Å². The first kappa shape index (κ1) is 19.2. The Balaban J connectivity index is 1.51. The lowest BCUT2D eigenvalue weighted by Crippen LogP contribution is -2.06. The lowest BCUT2D eigenvalue weighted by atomic mass is 9.99. The van der Waals surface area contributed by atoms with Crippen molar-refractivity contribution in [2.75, 3.05) is 5.32 Å². The van der Waals surface area contributed by atoms with E-state index in [0.29, 0.717) is 6.61 Å². The maximum absolute atomic E-state index is 11.6. The summed E-state index contributed by atoms with van der Waals surface area (Å²) >= 11 is 0. The molecule has 0 aliphatic carbocycles. The summed E-state index contributed by atoms with van der Waals surface area (Å²) in [6, 6.07) is 26.8. The minimum absolute atomic E-state index is 0.0633. The molecule has 0 atom stereocenters. The third-order valence-corrected chi connectivity index (χ3v) is 5.73. The molecule has 154 valence electrons. The SMILES string of the molecule is CCc1c(-c2ccc(OCc3ccccc3)cc2)c2ccc3c(NC(C)=O)ccc1n32. The molecule has 3 heterocycles. The van der Waals surface area contributed by atoms with E-state index in [9.17, 15) is 4.79 Å². The van der Waals surface area contributed by atoms with Crippen LogP contribution < -0.4 is 10.1 Å². The molecular formula is C27H24N2O2. The first-order chi connectivity index (χ1) is 15.2. The summed E-state index contributed by atoms with van der Waals surface area (Å²) < 4.78 is 8.21. The number of rotatable bonds is 6. The molecule has 5 aromatic rings. The van der Waals surface area contributed by atoms with Gasteiger partial charge in [-0.3, -0.25) is 4.79 Å². The fourth-order valence-corrected chi connectivity index (χ4v) is 4.38. The number of aromatic nitrogens is 1. The summed E-state index contributed by atoms with van der Waals surface area (Å²) in [6.45, 7) is 4.28. The van der Waals surface area contributed by atoms with Crippen LogP contribution in [0.1, 0.15) is 25.0 Å². The van der Waals surface area contributed by atoms with Crippen molar-refractivity contribution in [2.45, 2.75) is 26.9 Å². The number of pyridine rings is 1. The quantitative estimate of drug-likeness (QED) is 0.358. The Bertz CT molecular complexity index is 1350. The van der Waals surface area contributed by atoms with Gasteiger partial charge in [-0.15, -0.1) is 0 Å². The molecule has 0 fully saturated rings. The van der Waals surface area contributed by atoms with Gasteiger partial charge in [0.2, 0.25) is 5.91 Å². The van der Waals surface area contributed by atoms with Crippen molar-refractivity contribution in [1.29, 1.82) is 0 Å². The van der Waals surface area contributed by atoms with Crippen LogP contribution in [0.15, 0.2) is 78.9 Å². The van der Waals surface area contributed by atoms with Gasteiger partial charge in [-0.05, 0) is 59.5 Å². The number of hydrogen-bond acceptors (Lipinski definition) is 2. The molecule has 2 aromatic carbocycles. The van der Waals surface area contributed by atoms with Crippen molar-refractivity contribution in [1.82, 2.24) is 4.40 Å². The smallest absolute Gasteiger partial charge is 0.221 e. The molecule has 31 heavy (non-hydrogen) atoms. The molecule has 0 unspecified atom stereocenters. The number of nitrogens with zero attached hydrogens (tertiary/aromatic N) is 1. The van der Waals surface area contributed by atoms with Crippen molar-refractivity contribution in [3.8, 4) is 16.9 Å². The van der Waals surface area contributed by atoms with Crippen LogP contribution in [-0.4, -0.2) is 10.3 Å². The monoisotopic (exact) mass is 408 g/mol. The lowest BCUT2D eigenvalue weighted by molar-refractivity contribution is -0.114. The minimum Gasteiger partial charge on any atom is -0.489 e. The summed E-state index contributed by atoms with van der Waals surface area (Å²) in [5.41, 5.74) is 9.08. The molecule has 1 N–H and O–H groups in total. The van der Waals surface area contributed by atoms with Gasteiger partial charge in [0.1, 0.15) is 12.4 Å². The average Bonchev–Trinajstić information content (AvgIpc) is 3.36. The lowest BCUT2D eigenvalue weighted by Gasteiger charge is -2.08. The van der Waals surface area contributed by atoms with Crippen LogP contribution in [0, 0.1) is 0 Å². The summed E-state index contributed by atoms with van der Waals surface area (Å²) in [7, 11) is 0. The highest BCUT2D eigenvalue weighted by molar-refractivity contribution is 6.01. The van der Waals surface area contributed by atoms with Gasteiger partial charge in [0.15, 0.2) is 0 Å². The molecule has 3 aromatic heterocycles. The van der Waals surface area contributed by atoms with Gasteiger partial charge in [-0.25, -0.2) is 0 Å². The molecule has 4 nitrogen and oxygen atoms in total. The van der Waals surface area contributed by atoms with Gasteiger partial charge < -0.3 is 14.5 Å². The molecule has 0 aliphatic rings. The predicted octanol–water partition coefficient (Wildman–Crippen LogP) is 6.30. The Morgan fingerprint density at radius 3 is 2.29 bits per heavy atom. The summed E-state index contributed by atoms with van der Waals surface area (Å²) in [4.78, 5) is 11.6. The zero-order valence-electron chi connectivity index (χ0n) is 17.7. The van der Waals surface area contributed by atoms with Gasteiger partial charge in [-0.2, -0.15) is 0 Å². The van der Waals surface area contributed by atoms with Crippen LogP contribution in [0.5, 0.6) is 5.75 Å². The van der Waals surface area contributed by atoms with Crippen molar-refractivity contribution < 1.29 is 9.53 Å². The van der Waals surface area contributed by atoms with E-state index in [0.717, 1.165) is 34.5 Å². The van der Waals surface area contributed by atoms with E-state index in [4.69, 9.17) is 4.74 Å². The van der Waals surface area contributed by atoms with Crippen molar-refractivity contribution in [3.63, 3.8) is 0 Å². The van der Waals surface area contributed by atoms with Gasteiger partial charge in [0, 0.05) is 12.5 Å². The number of ether oxygens (including phenoxy) is 1. The number of amides is 1. The number of benzene rings is 2. The van der Waals surface area contributed by atoms with Crippen LogP contribution in [0.3, 0.4) is 0 Å². The van der Waals surface area contributed by atoms with E-state index in [1.54, 1.807) is 0 Å². The Hall–Kier alpha value is -3.79. The maximum Gasteiger partial charge on any atom is 0.221 e. The zero-order valence-corrected chi connectivity index (χ0v) is 17.7. The topological polar surface area (TPSA) is 42.7 Å². The van der Waals surface area contributed by atoms with E-state index in [-0.39, 0.29) is 5.91 Å². The Labute approximate surface area is 181 Å². The van der Waals surface area contributed by atoms with Crippen LogP contribution in [0.25, 0.3) is 27.7 Å². The number of nitrogens with one attached hydrogen (secondary N) is 1. The van der Waals surface area contributed by atoms with Crippen molar-refractivity contribution >= 4 is 28.1 Å². The molecular weight excluding hydrogens is 384 g/mol. The summed E-state index contributed by atoms with van der Waals surface area (Å²) in [5.74, 6) is 0.793. The van der Waals surface area contributed by atoms with Crippen molar-refractivity contribution in [3.05, 3.63) is 90.0 Å². The van der Waals surface area contributed by atoms with Crippen LogP contribution >= 0.6 is 0 Å². The van der Waals surface area contributed by atoms with Gasteiger partial charge >= 0.3 is 0 Å². The molecule has 0 spiro atoms. The third-order valence-electron chi connectivity index (χ3n) is 5.73. The number of aryl methyl sites for hydroxylation is 1. The second-order valence-electron chi connectivity index (χ2n) is 7.76. The first-order valence-corrected chi connectivity index (χ1v) is 10.6. The highest BCUT2D eigenvalue weighted by atomic mass is 16.5. The van der Waals surface area contributed by atoms with Gasteiger partial charge in [0.25, 0.3) is 0 Å². The molecule has 4 heteroatoms. The largest absolute Gasteiger partial charge is 0.489 e. The molecule has 0 saturated carbocycles. The molecule has 0 aliphatic heterocycles. The molecule has 0 radical (unpaired) electrons. The normalized spacial score (nSPS) is 11.3. The molecule has 5 rings (SSSR count). The van der Waals surface area contributed by atoms with E-state index in [2.05, 4.69) is 59.1 Å². The Morgan fingerprint density at radius 2 is 1.58 bits per heavy atom. The number of hydrogen-bond donors (Lipinski definition) is 1. The number of carbonyl (C=O) groups excluding carboxylic acids is 1. The minimum atomic E-state index is -0.0633. The summed E-state index contributed by atoms with van der Waals surface area (Å²) in [6.07, 6.45) is 0.928. The number of anilines is 1. The van der Waals surface area contributed by atoms with Crippen LogP contribution in [0.2, 0.25) is 0 Å². The zero-order chi connectivity index (χ0) is 21.4. The van der Waals surface area contributed by atoms with Crippen LogP contribution in [-0.2, 0) is 17.8 Å². The Kier molecular flexibility index (Phi) is 4.83. The molecule has 0 saturated heterocycles. The molecule has 0 bridgehead atoms. The molecule has 1 amide bonds. The van der Waals surface area contributed by atoms with E-state index in [1.165, 1.54) is 29.1 Å². The van der Waals surface area contributed by atoms with E-state index in [1.807, 2.05) is 36.4 Å². The highest BCUT2D eigenvalue weighted by Gasteiger charge is 2.19. The maximum atomic E-state index is 11.6. The third kappa shape index (κ3) is 3.40. The van der Waals surface area contributed by atoms with Gasteiger partial charge in [-0.1, -0.05) is 49.4 Å². The van der Waals surface area contributed by atoms with E-state index < -0.39 is 0 Å². The second-order valence-corrected chi connectivity index (χ2v) is 7.76. The fraction of sp³-hybridized carbons (Fsp3) is 0.148. The summed E-state index contributed by atoms with van der Waals surface area (Å²) in [5, 5.41) is 2.94. The highest BCUT2D eigenvalue weighted by Crippen LogP contribution is 2.39. The Morgan fingerprint density at radius 1 is 0.871 bits per heavy atom. The first-order valence-electron chi connectivity index (χ1n) is 10.6. The fourth-order valence-electron chi connectivity index (χ4n) is 4.38. The van der Waals surface area contributed by atoms with Gasteiger partial charge in [0.05, 0.1) is 22.2 Å². The predicted molar refractivity (Wildman–Crippen MR) is 126 cm³/mol. The van der Waals surface area contributed by atoms with Crippen LogP contribution in [0.4, 0.5) is 5.69 Å². The average molecular weight is 409 g/mol. The van der Waals surface area contributed by atoms with E-state index >= 15 is 0 Å².